The molecule has 234 valence electrons. The minimum absolute atomic E-state index is 0.0233. The number of rotatable bonds is 8. The Labute approximate surface area is 253 Å². The molecule has 3 heterocycles. The molecule has 0 radical (unpaired) electrons. The smallest absolute Gasteiger partial charge is 0.378 e. The molecular formula is C31H27F6N7O. The molecule has 8 nitrogen and oxygen atoms in total. The van der Waals surface area contributed by atoms with Gasteiger partial charge in [0.25, 0.3) is 0 Å². The van der Waals surface area contributed by atoms with Crippen LogP contribution in [0, 0.1) is 0 Å². The number of morpholine rings is 1. The van der Waals surface area contributed by atoms with E-state index >= 15 is 0 Å². The number of hydrogen-bond donors (Lipinski definition) is 2. The van der Waals surface area contributed by atoms with E-state index in [1.54, 1.807) is 10.6 Å². The Morgan fingerprint density at radius 3 is 2.18 bits per heavy atom. The lowest BCUT2D eigenvalue weighted by molar-refractivity contribution is -0.138. The second-order valence-corrected chi connectivity index (χ2v) is 10.5. The summed E-state index contributed by atoms with van der Waals surface area (Å²) in [5.41, 5.74) is 1.92. The number of alkyl halides is 6. The largest absolute Gasteiger partial charge is 0.416 e. The van der Waals surface area contributed by atoms with Crippen LogP contribution in [0.2, 0.25) is 0 Å². The summed E-state index contributed by atoms with van der Waals surface area (Å²) in [7, 11) is 0. The molecule has 0 aliphatic carbocycles. The highest BCUT2D eigenvalue weighted by molar-refractivity contribution is 5.85. The Hall–Kier alpha value is -4.85. The quantitative estimate of drug-likeness (QED) is 0.178. The third-order valence-electron chi connectivity index (χ3n) is 7.31. The van der Waals surface area contributed by atoms with E-state index in [0.717, 1.165) is 43.0 Å². The van der Waals surface area contributed by atoms with Crippen molar-refractivity contribution in [1.82, 2.24) is 19.5 Å². The fourth-order valence-corrected chi connectivity index (χ4v) is 4.98. The zero-order valence-electron chi connectivity index (χ0n) is 23.7. The summed E-state index contributed by atoms with van der Waals surface area (Å²) in [5, 5.41) is 6.26. The summed E-state index contributed by atoms with van der Waals surface area (Å²) in [6.07, 6.45) is -7.44. The van der Waals surface area contributed by atoms with Crippen LogP contribution in [0.5, 0.6) is 0 Å². The molecule has 2 aromatic heterocycles. The van der Waals surface area contributed by atoms with Crippen molar-refractivity contribution in [3.63, 3.8) is 0 Å². The molecule has 1 aliphatic heterocycles. The van der Waals surface area contributed by atoms with E-state index in [2.05, 4.69) is 30.5 Å². The van der Waals surface area contributed by atoms with Gasteiger partial charge >= 0.3 is 12.4 Å². The summed E-state index contributed by atoms with van der Waals surface area (Å²) >= 11 is 0. The van der Waals surface area contributed by atoms with Crippen LogP contribution in [-0.4, -0.2) is 45.8 Å². The zero-order valence-corrected chi connectivity index (χ0v) is 23.7. The highest BCUT2D eigenvalue weighted by Crippen LogP contribution is 2.31. The number of imidazole rings is 1. The van der Waals surface area contributed by atoms with Gasteiger partial charge in [0.2, 0.25) is 5.95 Å². The SMILES string of the molecule is FC(F)(F)c1ccc(Cn2cnc3c(NCc4cccc(C(F)(F)F)c4)nc(Nc4ccc(N5CCOCC5)cc4)nc32)cc1. The molecule has 6 rings (SSSR count). The van der Waals surface area contributed by atoms with Gasteiger partial charge in [-0.15, -0.1) is 0 Å². The fraction of sp³-hybridized carbons (Fsp3) is 0.258. The van der Waals surface area contributed by atoms with E-state index in [0.29, 0.717) is 41.2 Å². The van der Waals surface area contributed by atoms with E-state index in [4.69, 9.17) is 4.74 Å². The van der Waals surface area contributed by atoms with Gasteiger partial charge in [-0.05, 0) is 59.7 Å². The number of hydrogen-bond acceptors (Lipinski definition) is 7. The molecule has 0 unspecified atom stereocenters. The van der Waals surface area contributed by atoms with Crippen LogP contribution in [0.15, 0.2) is 79.1 Å². The molecule has 0 saturated carbocycles. The zero-order chi connectivity index (χ0) is 31.6. The molecule has 1 saturated heterocycles. The molecule has 5 aromatic rings. The maximum atomic E-state index is 13.3. The number of ether oxygens (including phenoxy) is 1. The van der Waals surface area contributed by atoms with Gasteiger partial charge < -0.3 is 24.8 Å². The van der Waals surface area contributed by atoms with Gasteiger partial charge in [0.05, 0.1) is 37.2 Å². The number of fused-ring (bicyclic) bond motifs is 1. The number of halogens is 6. The Kier molecular flexibility index (Phi) is 8.23. The lowest BCUT2D eigenvalue weighted by Crippen LogP contribution is -2.36. The third-order valence-corrected chi connectivity index (χ3v) is 7.31. The maximum Gasteiger partial charge on any atom is 0.416 e. The van der Waals surface area contributed by atoms with Crippen LogP contribution in [0.4, 0.5) is 49.5 Å². The number of aromatic nitrogens is 4. The van der Waals surface area contributed by atoms with Crippen LogP contribution < -0.4 is 15.5 Å². The summed E-state index contributed by atoms with van der Waals surface area (Å²) in [6, 6.07) is 17.5. The Morgan fingerprint density at radius 2 is 1.49 bits per heavy atom. The number of benzene rings is 3. The summed E-state index contributed by atoms with van der Waals surface area (Å²) in [5.74, 6) is 0.471. The van der Waals surface area contributed by atoms with Crippen molar-refractivity contribution in [3.05, 3.63) is 101 Å². The Balaban J connectivity index is 1.29. The average Bonchev–Trinajstić information content (AvgIpc) is 3.42. The lowest BCUT2D eigenvalue weighted by Gasteiger charge is -2.28. The predicted molar refractivity (Wildman–Crippen MR) is 157 cm³/mol. The molecule has 1 fully saturated rings. The summed E-state index contributed by atoms with van der Waals surface area (Å²) in [6.45, 7) is 3.09. The van der Waals surface area contributed by atoms with Gasteiger partial charge in [-0.3, -0.25) is 0 Å². The number of nitrogens with one attached hydrogen (secondary N) is 2. The Morgan fingerprint density at radius 1 is 0.778 bits per heavy atom. The molecule has 0 spiro atoms. The van der Waals surface area contributed by atoms with E-state index < -0.39 is 23.5 Å². The molecule has 0 amide bonds. The highest BCUT2D eigenvalue weighted by Gasteiger charge is 2.31. The van der Waals surface area contributed by atoms with Crippen LogP contribution in [0.3, 0.4) is 0 Å². The molecule has 0 atom stereocenters. The minimum atomic E-state index is -4.48. The van der Waals surface area contributed by atoms with Crippen LogP contribution >= 0.6 is 0 Å². The minimum Gasteiger partial charge on any atom is -0.378 e. The fourth-order valence-electron chi connectivity index (χ4n) is 4.98. The van der Waals surface area contributed by atoms with Gasteiger partial charge in [0.15, 0.2) is 17.0 Å². The second kappa shape index (κ2) is 12.3. The molecule has 1 aliphatic rings. The molecule has 45 heavy (non-hydrogen) atoms. The van der Waals surface area contributed by atoms with E-state index in [1.807, 2.05) is 24.3 Å². The van der Waals surface area contributed by atoms with Crippen molar-refractivity contribution >= 4 is 34.3 Å². The highest BCUT2D eigenvalue weighted by atomic mass is 19.4. The molecule has 14 heteroatoms. The monoisotopic (exact) mass is 627 g/mol. The molecule has 0 bridgehead atoms. The first-order valence-electron chi connectivity index (χ1n) is 14.0. The van der Waals surface area contributed by atoms with E-state index in [9.17, 15) is 26.3 Å². The average molecular weight is 628 g/mol. The van der Waals surface area contributed by atoms with Gasteiger partial charge in [-0.25, -0.2) is 4.98 Å². The van der Waals surface area contributed by atoms with E-state index in [-0.39, 0.29) is 24.9 Å². The van der Waals surface area contributed by atoms with Crippen LogP contribution in [-0.2, 0) is 30.2 Å². The number of anilines is 4. The van der Waals surface area contributed by atoms with Crippen molar-refractivity contribution in [2.75, 3.05) is 41.8 Å². The first-order valence-corrected chi connectivity index (χ1v) is 14.0. The van der Waals surface area contributed by atoms with E-state index in [1.165, 1.54) is 24.5 Å². The van der Waals surface area contributed by atoms with Gasteiger partial charge in [-0.1, -0.05) is 24.3 Å². The molecule has 2 N–H and O–H groups in total. The first kappa shape index (κ1) is 30.2. The standard InChI is InChI=1S/C31H27F6N7O/c32-30(33,34)22-6-4-20(5-7-22)18-44-19-39-26-27(38-17-21-2-1-3-23(16-21)31(35,36)37)41-29(42-28(26)44)40-24-8-10-25(11-9-24)43-12-14-45-15-13-43/h1-11,16,19H,12-15,17-18H2,(H2,38,40,41,42). The van der Waals surface area contributed by atoms with Crippen molar-refractivity contribution in [1.29, 1.82) is 0 Å². The number of nitrogens with zero attached hydrogens (tertiary/aromatic N) is 5. The van der Waals surface area contributed by atoms with Crippen molar-refractivity contribution in [2.24, 2.45) is 0 Å². The first-order chi connectivity index (χ1) is 21.5. The van der Waals surface area contributed by atoms with Gasteiger partial charge in [0, 0.05) is 31.0 Å². The maximum absolute atomic E-state index is 13.3. The Bertz CT molecular complexity index is 1760. The summed E-state index contributed by atoms with van der Waals surface area (Å²) < 4.78 is 86.1. The van der Waals surface area contributed by atoms with Crippen molar-refractivity contribution in [2.45, 2.75) is 25.4 Å². The second-order valence-electron chi connectivity index (χ2n) is 10.5. The van der Waals surface area contributed by atoms with Crippen LogP contribution in [0.25, 0.3) is 11.2 Å². The normalized spacial score (nSPS) is 14.1. The topological polar surface area (TPSA) is 80.1 Å². The van der Waals surface area contributed by atoms with Crippen LogP contribution in [0.1, 0.15) is 22.3 Å². The third kappa shape index (κ3) is 7.11. The lowest BCUT2D eigenvalue weighted by atomic mass is 10.1. The van der Waals surface area contributed by atoms with Gasteiger partial charge in [-0.2, -0.15) is 36.3 Å². The van der Waals surface area contributed by atoms with Crippen molar-refractivity contribution < 1.29 is 31.1 Å². The predicted octanol–water partition coefficient (Wildman–Crippen LogP) is 7.10. The summed E-state index contributed by atoms with van der Waals surface area (Å²) in [4.78, 5) is 15.8. The molecular weight excluding hydrogens is 600 g/mol. The van der Waals surface area contributed by atoms with Gasteiger partial charge in [0.1, 0.15) is 0 Å². The van der Waals surface area contributed by atoms with Crippen molar-refractivity contribution in [3.8, 4) is 0 Å². The molecule has 3 aromatic carbocycles.